The van der Waals surface area contributed by atoms with Crippen molar-refractivity contribution < 1.29 is 0 Å². The van der Waals surface area contributed by atoms with Crippen LogP contribution in [-0.2, 0) is 0 Å². The summed E-state index contributed by atoms with van der Waals surface area (Å²) in [6.07, 6.45) is 0. The molecule has 0 spiro atoms. The molecule has 3 N–H and O–H groups in total. The number of H-pyrrole nitrogens is 3. The van der Waals surface area contributed by atoms with Gasteiger partial charge in [0.2, 0.25) is 0 Å². The number of hydrogen-bond donors (Lipinski definition) is 3. The van der Waals surface area contributed by atoms with Crippen molar-refractivity contribution in [3.63, 3.8) is 0 Å². The first-order chi connectivity index (χ1) is 9.63. The maximum absolute atomic E-state index is 11.5. The zero-order valence-electron chi connectivity index (χ0n) is 10.2. The third kappa shape index (κ3) is 3.36. The molecule has 0 fully saturated rings. The smallest absolute Gasteiger partial charge is 0.315 e. The lowest BCUT2D eigenvalue weighted by atomic mass is 10.5. The zero-order chi connectivity index (χ0) is 14.5. The molecule has 0 unspecified atom stereocenters. The van der Waals surface area contributed by atoms with E-state index < -0.39 is 11.2 Å². The molecule has 11 heteroatoms. The largest absolute Gasteiger partial charge is 0.327 e. The fraction of sp³-hybridized carbons (Fsp3) is 0.444. The molecule has 0 radical (unpaired) electrons. The third-order valence-corrected chi connectivity index (χ3v) is 2.67. The van der Waals surface area contributed by atoms with Gasteiger partial charge in [-0.2, -0.15) is 4.98 Å². The molecule has 9 nitrogen and oxygen atoms in total. The van der Waals surface area contributed by atoms with Crippen LogP contribution in [0.3, 0.4) is 0 Å². The molecule has 0 saturated heterocycles. The second kappa shape index (κ2) is 6.53. The first-order valence-electron chi connectivity index (χ1n) is 5.65. The van der Waals surface area contributed by atoms with Crippen molar-refractivity contribution in [2.75, 3.05) is 24.8 Å². The first-order valence-corrected chi connectivity index (χ1v) is 6.72. The van der Waals surface area contributed by atoms with Crippen molar-refractivity contribution in [1.82, 2.24) is 24.9 Å². The molecule has 108 valence electrons. The van der Waals surface area contributed by atoms with Crippen LogP contribution in [-0.4, -0.2) is 49.8 Å². The molecule has 2 aromatic rings. The molecule has 0 aromatic carbocycles. The van der Waals surface area contributed by atoms with Gasteiger partial charge in [-0.15, -0.1) is 23.2 Å². The van der Waals surface area contributed by atoms with Crippen LogP contribution in [0.2, 0.25) is 0 Å². The predicted molar refractivity (Wildman–Crippen MR) is 74.9 cm³/mol. The molecule has 0 atom stereocenters. The molecular weight excluding hydrogens is 309 g/mol. The van der Waals surface area contributed by atoms with Gasteiger partial charge in [0.25, 0.3) is 11.5 Å². The van der Waals surface area contributed by atoms with Crippen LogP contribution in [0.25, 0.3) is 11.2 Å². The molecular formula is C9H11Cl2N7O2. The van der Waals surface area contributed by atoms with Gasteiger partial charge < -0.3 is 4.98 Å². The molecule has 2 rings (SSSR count). The highest BCUT2D eigenvalue weighted by atomic mass is 35.5. The molecule has 0 amide bonds. The molecule has 0 aliphatic rings. The second-order valence-electron chi connectivity index (χ2n) is 3.71. The summed E-state index contributed by atoms with van der Waals surface area (Å²) in [5.41, 5.74) is -0.965. The highest BCUT2D eigenvalue weighted by molar-refractivity contribution is 6.18. The zero-order valence-corrected chi connectivity index (χ0v) is 11.7. The maximum atomic E-state index is 11.5. The van der Waals surface area contributed by atoms with Gasteiger partial charge in [-0.1, -0.05) is 10.3 Å². The number of aromatic amines is 3. The number of fused-ring (bicyclic) bond motifs is 1. The monoisotopic (exact) mass is 319 g/mol. The fourth-order valence-corrected chi connectivity index (χ4v) is 1.86. The summed E-state index contributed by atoms with van der Waals surface area (Å²) < 4.78 is 0. The van der Waals surface area contributed by atoms with Gasteiger partial charge in [-0.25, -0.2) is 4.79 Å². The van der Waals surface area contributed by atoms with E-state index in [9.17, 15) is 9.59 Å². The highest BCUT2D eigenvalue weighted by Gasteiger charge is 2.07. The molecule has 0 bridgehead atoms. The summed E-state index contributed by atoms with van der Waals surface area (Å²) in [4.78, 5) is 33.6. The third-order valence-electron chi connectivity index (χ3n) is 2.33. The number of aromatic nitrogens is 4. The Morgan fingerprint density at radius 2 is 1.80 bits per heavy atom. The molecule has 0 saturated carbocycles. The summed E-state index contributed by atoms with van der Waals surface area (Å²) in [6, 6.07) is 0. The lowest BCUT2D eigenvalue weighted by Gasteiger charge is -2.13. The van der Waals surface area contributed by atoms with Crippen LogP contribution in [0.15, 0.2) is 19.9 Å². The van der Waals surface area contributed by atoms with Gasteiger partial charge in [0.1, 0.15) is 0 Å². The Morgan fingerprint density at radius 1 is 1.10 bits per heavy atom. The summed E-state index contributed by atoms with van der Waals surface area (Å²) in [6.45, 7) is 0.963. The minimum absolute atomic E-state index is 0.0986. The summed E-state index contributed by atoms with van der Waals surface area (Å²) in [7, 11) is 0. The Balaban J connectivity index is 2.27. The van der Waals surface area contributed by atoms with E-state index in [-0.39, 0.29) is 17.1 Å². The minimum atomic E-state index is -0.636. The van der Waals surface area contributed by atoms with Crippen molar-refractivity contribution in [2.45, 2.75) is 0 Å². The molecule has 0 aliphatic heterocycles. The number of imidazole rings is 1. The number of nitrogens with one attached hydrogen (secondary N) is 3. The minimum Gasteiger partial charge on any atom is -0.315 e. The van der Waals surface area contributed by atoms with Crippen LogP contribution in [0.4, 0.5) is 5.95 Å². The highest BCUT2D eigenvalue weighted by Crippen LogP contribution is 2.10. The van der Waals surface area contributed by atoms with Gasteiger partial charge in [0, 0.05) is 11.8 Å². The molecule has 2 aromatic heterocycles. The quantitative estimate of drug-likeness (QED) is 0.412. The first kappa shape index (κ1) is 14.5. The van der Waals surface area contributed by atoms with Gasteiger partial charge in [0.15, 0.2) is 11.2 Å². The molecule has 0 aliphatic carbocycles. The lowest BCUT2D eigenvalue weighted by molar-refractivity contribution is 0.303. The Morgan fingerprint density at radius 3 is 2.45 bits per heavy atom. The second-order valence-corrected chi connectivity index (χ2v) is 4.47. The average Bonchev–Trinajstić information content (AvgIpc) is 2.79. The van der Waals surface area contributed by atoms with Crippen molar-refractivity contribution in [2.24, 2.45) is 10.3 Å². The van der Waals surface area contributed by atoms with Gasteiger partial charge in [-0.05, 0) is 0 Å². The summed E-state index contributed by atoms with van der Waals surface area (Å²) >= 11 is 11.2. The van der Waals surface area contributed by atoms with E-state index in [1.807, 2.05) is 0 Å². The van der Waals surface area contributed by atoms with Gasteiger partial charge >= 0.3 is 5.69 Å². The summed E-state index contributed by atoms with van der Waals surface area (Å²) in [5.74, 6) is 0.855. The Labute approximate surface area is 122 Å². The standard InChI is InChI=1S/C9H11Cl2N7O2/c10-1-3-18(4-2-11)17-16-8-12-5-6(13-8)14-9(20)15-7(5)19/h1-4H2,(H3,12,13,14,15,19,20)/b17-16+. The normalized spacial score (nSPS) is 11.5. The van der Waals surface area contributed by atoms with E-state index in [2.05, 4.69) is 30.3 Å². The number of nitrogens with zero attached hydrogens (tertiary/aromatic N) is 4. The van der Waals surface area contributed by atoms with Crippen molar-refractivity contribution in [3.05, 3.63) is 20.8 Å². The summed E-state index contributed by atoms with van der Waals surface area (Å²) in [5, 5.41) is 9.33. The van der Waals surface area contributed by atoms with E-state index in [1.54, 1.807) is 5.01 Å². The van der Waals surface area contributed by atoms with E-state index in [4.69, 9.17) is 23.2 Å². The Hall–Kier alpha value is -1.87. The van der Waals surface area contributed by atoms with Crippen LogP contribution in [0.1, 0.15) is 0 Å². The fourth-order valence-electron chi connectivity index (χ4n) is 1.47. The van der Waals surface area contributed by atoms with Crippen molar-refractivity contribution in [3.8, 4) is 0 Å². The van der Waals surface area contributed by atoms with E-state index in [0.717, 1.165) is 0 Å². The van der Waals surface area contributed by atoms with Crippen LogP contribution >= 0.6 is 23.2 Å². The predicted octanol–water partition coefficient (Wildman–Crippen LogP) is 0.718. The number of alkyl halides is 2. The van der Waals surface area contributed by atoms with Crippen molar-refractivity contribution >= 4 is 40.3 Å². The molecule has 20 heavy (non-hydrogen) atoms. The van der Waals surface area contributed by atoms with Crippen molar-refractivity contribution in [1.29, 1.82) is 0 Å². The van der Waals surface area contributed by atoms with Crippen LogP contribution in [0.5, 0.6) is 0 Å². The topological polar surface area (TPSA) is 122 Å². The Bertz CT molecular complexity index is 713. The van der Waals surface area contributed by atoms with Crippen LogP contribution in [0, 0.1) is 0 Å². The Kier molecular flexibility index (Phi) is 4.74. The van der Waals surface area contributed by atoms with Gasteiger partial charge in [-0.3, -0.25) is 19.8 Å². The van der Waals surface area contributed by atoms with E-state index in [1.165, 1.54) is 0 Å². The van der Waals surface area contributed by atoms with Gasteiger partial charge in [0.05, 0.1) is 13.1 Å². The average molecular weight is 320 g/mol. The number of halogens is 2. The SMILES string of the molecule is O=c1[nH]c(=O)c2[nH]c(/N=N/N(CCCl)CCCl)nc2[nH]1. The van der Waals surface area contributed by atoms with E-state index in [0.29, 0.717) is 24.8 Å². The van der Waals surface area contributed by atoms with E-state index >= 15 is 0 Å². The lowest BCUT2D eigenvalue weighted by Crippen LogP contribution is -2.21. The number of hydrogen-bond acceptors (Lipinski definition) is 5. The molecule has 2 heterocycles. The number of rotatable bonds is 6. The van der Waals surface area contributed by atoms with Crippen LogP contribution < -0.4 is 11.2 Å². The maximum Gasteiger partial charge on any atom is 0.327 e.